The van der Waals surface area contributed by atoms with Gasteiger partial charge in [0.2, 0.25) is 0 Å². The lowest BCUT2D eigenvalue weighted by molar-refractivity contribution is -0.114. The summed E-state index contributed by atoms with van der Waals surface area (Å²) in [4.78, 5) is 27.2. The number of nitrogens with one attached hydrogen (secondary N) is 2. The van der Waals surface area contributed by atoms with Crippen molar-refractivity contribution in [3.8, 4) is 0 Å². The van der Waals surface area contributed by atoms with E-state index in [-0.39, 0.29) is 26.4 Å². The Morgan fingerprint density at radius 2 is 1.89 bits per heavy atom. The molecule has 194 valence electrons. The first-order chi connectivity index (χ1) is 16.8. The molecule has 1 heterocycles. The number of hydrogen-bond acceptors (Lipinski definition) is 5. The number of likely N-dealkylation sites (tertiary alicyclic amines) is 1. The molecule has 11 heteroatoms. The van der Waals surface area contributed by atoms with Gasteiger partial charge in [-0.25, -0.2) is 13.6 Å². The van der Waals surface area contributed by atoms with Crippen molar-refractivity contribution in [2.45, 2.75) is 45.6 Å². The van der Waals surface area contributed by atoms with Crippen LogP contribution in [0.4, 0.5) is 13.6 Å². The van der Waals surface area contributed by atoms with E-state index in [0.29, 0.717) is 13.0 Å². The van der Waals surface area contributed by atoms with Crippen molar-refractivity contribution in [2.24, 2.45) is 5.73 Å². The molecule has 4 N–H and O–H groups in total. The molecule has 2 rings (SSSR count). The Morgan fingerprint density at radius 1 is 1.23 bits per heavy atom. The van der Waals surface area contributed by atoms with Crippen LogP contribution in [0.25, 0.3) is 0 Å². The predicted octanol–water partition coefficient (Wildman–Crippen LogP) is 4.77. The molecule has 1 aromatic carbocycles. The van der Waals surface area contributed by atoms with Crippen molar-refractivity contribution in [1.82, 2.24) is 15.5 Å². The number of benzene rings is 1. The lowest BCUT2D eigenvalue weighted by atomic mass is 10.1. The third-order valence-corrected chi connectivity index (χ3v) is 6.58. The lowest BCUT2D eigenvalue weighted by Gasteiger charge is -2.17. The minimum absolute atomic E-state index is 0.0389. The van der Waals surface area contributed by atoms with E-state index in [4.69, 9.17) is 10.5 Å². The van der Waals surface area contributed by atoms with E-state index in [2.05, 4.69) is 31.5 Å². The van der Waals surface area contributed by atoms with Crippen molar-refractivity contribution < 1.29 is 23.1 Å². The van der Waals surface area contributed by atoms with Gasteiger partial charge in [-0.05, 0) is 76.2 Å². The second-order valence-electron chi connectivity index (χ2n) is 8.02. The van der Waals surface area contributed by atoms with Gasteiger partial charge in [-0.1, -0.05) is 22.9 Å². The number of hydrogen-bond donors (Lipinski definition) is 3. The number of primary amides is 1. The number of rotatable bonds is 13. The van der Waals surface area contributed by atoms with Gasteiger partial charge >= 0.3 is 6.03 Å². The van der Waals surface area contributed by atoms with Gasteiger partial charge in [-0.2, -0.15) is 0 Å². The number of carbonyl (C=O) groups is 2. The monoisotopic (exact) mass is 574 g/mol. The van der Waals surface area contributed by atoms with Crippen LogP contribution in [0.5, 0.6) is 0 Å². The quantitative estimate of drug-likeness (QED) is 0.136. The molecule has 3 amide bonds. The summed E-state index contributed by atoms with van der Waals surface area (Å²) in [5.41, 5.74) is 5.25. The Morgan fingerprint density at radius 3 is 2.46 bits per heavy atom. The molecule has 0 saturated carbocycles. The highest BCUT2D eigenvalue weighted by Crippen LogP contribution is 2.26. The van der Waals surface area contributed by atoms with Gasteiger partial charge in [0, 0.05) is 11.0 Å². The van der Waals surface area contributed by atoms with Crippen molar-refractivity contribution >= 4 is 39.6 Å². The van der Waals surface area contributed by atoms with Crippen LogP contribution in [0.1, 0.15) is 44.6 Å². The van der Waals surface area contributed by atoms with Gasteiger partial charge in [0.15, 0.2) is 0 Å². The van der Waals surface area contributed by atoms with Gasteiger partial charge < -0.3 is 26.0 Å². The zero-order chi connectivity index (χ0) is 25.8. The van der Waals surface area contributed by atoms with Gasteiger partial charge in [-0.3, -0.25) is 4.79 Å². The predicted molar refractivity (Wildman–Crippen MR) is 138 cm³/mol. The second-order valence-corrected chi connectivity index (χ2v) is 9.75. The Labute approximate surface area is 218 Å². The van der Waals surface area contributed by atoms with E-state index in [1.165, 1.54) is 12.8 Å². The van der Waals surface area contributed by atoms with Crippen molar-refractivity contribution in [2.75, 3.05) is 32.4 Å². The number of ether oxygens (including phenoxy) is 1. The zero-order valence-corrected chi connectivity index (χ0v) is 22.5. The van der Waals surface area contributed by atoms with Crippen LogP contribution < -0.4 is 16.4 Å². The van der Waals surface area contributed by atoms with Gasteiger partial charge in [0.1, 0.15) is 29.6 Å². The first kappa shape index (κ1) is 29.1. The molecule has 0 spiro atoms. The highest BCUT2D eigenvalue weighted by molar-refractivity contribution is 9.10. The standard InChI is InChI=1S/C24H33BrF2N4O3S/c1-3-8-20(34-15-17-18(26)13-16(25)14-19(17)27)21(22(28)32)23(35-2)30-24(33)29-9-4-5-10-31-11-6-7-12-31/h8,13-14H,3-7,9-12,15H2,1-2H3,(H2,28,32)(H2,29,30,33)/b20-8+,23-21+. The number of nitrogens with zero attached hydrogens (tertiary/aromatic N) is 1. The number of allylic oxidation sites excluding steroid dienone is 1. The first-order valence-electron chi connectivity index (χ1n) is 11.6. The normalized spacial score (nSPS) is 15.1. The molecule has 0 bridgehead atoms. The fourth-order valence-corrected chi connectivity index (χ4v) is 4.66. The zero-order valence-electron chi connectivity index (χ0n) is 20.1. The van der Waals surface area contributed by atoms with E-state index in [9.17, 15) is 18.4 Å². The van der Waals surface area contributed by atoms with E-state index in [1.807, 2.05) is 6.92 Å². The second kappa shape index (κ2) is 15.1. The SMILES string of the molecule is CC/C=C(OCc1c(F)cc(Br)cc1F)\C(C(N)=O)=C(\NC(=O)NCCCCN1CCCC1)SC. The summed E-state index contributed by atoms with van der Waals surface area (Å²) in [6, 6.07) is 1.77. The molecule has 1 aliphatic heterocycles. The fraction of sp³-hybridized carbons (Fsp3) is 0.500. The Balaban J connectivity index is 2.05. The van der Waals surface area contributed by atoms with Crippen LogP contribution >= 0.6 is 27.7 Å². The van der Waals surface area contributed by atoms with Crippen LogP contribution in [0.3, 0.4) is 0 Å². The van der Waals surface area contributed by atoms with Gasteiger partial charge in [-0.15, -0.1) is 11.8 Å². The fourth-order valence-electron chi connectivity index (χ4n) is 3.66. The highest BCUT2D eigenvalue weighted by atomic mass is 79.9. The molecule has 0 atom stereocenters. The molecule has 1 fully saturated rings. The third-order valence-electron chi connectivity index (χ3n) is 5.40. The number of thioether (sulfide) groups is 1. The molecule has 1 aromatic rings. The van der Waals surface area contributed by atoms with Gasteiger partial charge in [0.05, 0.1) is 10.6 Å². The molecule has 35 heavy (non-hydrogen) atoms. The van der Waals surface area contributed by atoms with Crippen LogP contribution in [0.15, 0.2) is 39.0 Å². The molecule has 0 unspecified atom stereocenters. The Kier molecular flexibility index (Phi) is 12.6. The van der Waals surface area contributed by atoms with Crippen LogP contribution in [-0.4, -0.2) is 49.3 Å². The average Bonchev–Trinajstić information content (AvgIpc) is 3.30. The van der Waals surface area contributed by atoms with Crippen LogP contribution in [0.2, 0.25) is 0 Å². The number of amides is 3. The largest absolute Gasteiger partial charge is 0.488 e. The maximum absolute atomic E-state index is 14.2. The molecular formula is C24H33BrF2N4O3S. The lowest BCUT2D eigenvalue weighted by Crippen LogP contribution is -2.36. The summed E-state index contributed by atoms with van der Waals surface area (Å²) in [6.07, 6.45) is 8.02. The van der Waals surface area contributed by atoms with E-state index >= 15 is 0 Å². The Bertz CT molecular complexity index is 930. The minimum Gasteiger partial charge on any atom is -0.488 e. The summed E-state index contributed by atoms with van der Waals surface area (Å²) in [5.74, 6) is -2.37. The van der Waals surface area contributed by atoms with Crippen LogP contribution in [0, 0.1) is 11.6 Å². The number of carbonyl (C=O) groups excluding carboxylic acids is 2. The van der Waals surface area contributed by atoms with E-state index < -0.39 is 30.2 Å². The summed E-state index contributed by atoms with van der Waals surface area (Å²) >= 11 is 4.14. The maximum Gasteiger partial charge on any atom is 0.319 e. The molecule has 1 aliphatic rings. The molecule has 1 saturated heterocycles. The molecule has 0 radical (unpaired) electrons. The smallest absolute Gasteiger partial charge is 0.319 e. The average molecular weight is 576 g/mol. The summed E-state index contributed by atoms with van der Waals surface area (Å²) in [6.45, 7) is 5.14. The molecule has 0 aromatic heterocycles. The molecule has 0 aliphatic carbocycles. The summed E-state index contributed by atoms with van der Waals surface area (Å²) in [7, 11) is 0. The first-order valence-corrected chi connectivity index (χ1v) is 13.6. The summed E-state index contributed by atoms with van der Waals surface area (Å²) < 4.78 is 34.3. The number of nitrogens with two attached hydrogens (primary N) is 1. The minimum atomic E-state index is -0.836. The number of unbranched alkanes of at least 4 members (excludes halogenated alkanes) is 1. The molecule has 7 nitrogen and oxygen atoms in total. The molecular weight excluding hydrogens is 542 g/mol. The maximum atomic E-state index is 14.2. The van der Waals surface area contributed by atoms with Crippen molar-refractivity contribution in [3.05, 3.63) is 56.2 Å². The van der Waals surface area contributed by atoms with Crippen molar-refractivity contribution in [1.29, 1.82) is 0 Å². The van der Waals surface area contributed by atoms with Crippen molar-refractivity contribution in [3.63, 3.8) is 0 Å². The van der Waals surface area contributed by atoms with E-state index in [1.54, 1.807) is 12.3 Å². The highest BCUT2D eigenvalue weighted by Gasteiger charge is 2.22. The van der Waals surface area contributed by atoms with E-state index in [0.717, 1.165) is 56.4 Å². The van der Waals surface area contributed by atoms with Gasteiger partial charge in [0.25, 0.3) is 5.91 Å². The van der Waals surface area contributed by atoms with Crippen LogP contribution in [-0.2, 0) is 16.1 Å². The Hall–Kier alpha value is -2.11. The number of halogens is 3. The topological polar surface area (TPSA) is 96.7 Å². The number of urea groups is 1. The third kappa shape index (κ3) is 9.46. The summed E-state index contributed by atoms with van der Waals surface area (Å²) in [5, 5.41) is 5.62.